The number of benzene rings is 2. The highest BCUT2D eigenvalue weighted by atomic mass is 16.5. The highest BCUT2D eigenvalue weighted by molar-refractivity contribution is 5.94. The zero-order valence-corrected chi connectivity index (χ0v) is 15.6. The van der Waals surface area contributed by atoms with E-state index in [0.29, 0.717) is 0 Å². The van der Waals surface area contributed by atoms with Gasteiger partial charge in [0.05, 0.1) is 12.6 Å². The Bertz CT molecular complexity index is 713. The van der Waals surface area contributed by atoms with Gasteiger partial charge in [-0.2, -0.15) is 0 Å². The fourth-order valence-corrected chi connectivity index (χ4v) is 2.61. The molecule has 4 nitrogen and oxygen atoms in total. The van der Waals surface area contributed by atoms with Crippen molar-refractivity contribution in [2.75, 3.05) is 17.2 Å². The average molecular weight is 340 g/mol. The van der Waals surface area contributed by atoms with Crippen molar-refractivity contribution in [2.24, 2.45) is 0 Å². The van der Waals surface area contributed by atoms with E-state index in [9.17, 15) is 4.79 Å². The lowest BCUT2D eigenvalue weighted by atomic mass is 10.1. The maximum Gasteiger partial charge on any atom is 0.243 e. The summed E-state index contributed by atoms with van der Waals surface area (Å²) in [5, 5.41) is 6.18. The lowest BCUT2D eigenvalue weighted by Gasteiger charge is -2.15. The quantitative estimate of drug-likeness (QED) is 0.727. The lowest BCUT2D eigenvalue weighted by Crippen LogP contribution is -2.22. The molecular weight excluding hydrogens is 312 g/mol. The third kappa shape index (κ3) is 5.52. The Hall–Kier alpha value is -2.49. The largest absolute Gasteiger partial charge is 0.491 e. The molecule has 0 saturated heterocycles. The Morgan fingerprint density at radius 3 is 2.64 bits per heavy atom. The third-order valence-electron chi connectivity index (χ3n) is 4.20. The monoisotopic (exact) mass is 340 g/mol. The summed E-state index contributed by atoms with van der Waals surface area (Å²) >= 11 is 0. The highest BCUT2D eigenvalue weighted by Crippen LogP contribution is 2.21. The van der Waals surface area contributed by atoms with E-state index in [-0.39, 0.29) is 18.6 Å². The Kier molecular flexibility index (Phi) is 6.87. The van der Waals surface area contributed by atoms with E-state index in [2.05, 4.69) is 43.5 Å². The van der Waals surface area contributed by atoms with Crippen LogP contribution in [-0.2, 0) is 11.2 Å². The molecule has 2 N–H and O–H groups in total. The molecule has 0 heterocycles. The third-order valence-corrected chi connectivity index (χ3v) is 4.20. The van der Waals surface area contributed by atoms with Crippen molar-refractivity contribution in [3.63, 3.8) is 0 Å². The van der Waals surface area contributed by atoms with E-state index in [1.54, 1.807) is 0 Å². The van der Waals surface area contributed by atoms with Gasteiger partial charge in [-0.05, 0) is 49.9 Å². The first-order valence-corrected chi connectivity index (χ1v) is 8.92. The molecule has 0 saturated carbocycles. The number of amides is 1. The van der Waals surface area contributed by atoms with Gasteiger partial charge in [-0.3, -0.25) is 4.79 Å². The van der Waals surface area contributed by atoms with E-state index in [4.69, 9.17) is 4.74 Å². The Labute approximate surface area is 150 Å². The predicted octanol–water partition coefficient (Wildman–Crippen LogP) is 4.79. The molecule has 0 aliphatic heterocycles. The van der Waals surface area contributed by atoms with Crippen LogP contribution >= 0.6 is 0 Å². The van der Waals surface area contributed by atoms with Crippen molar-refractivity contribution in [3.8, 4) is 5.75 Å². The van der Waals surface area contributed by atoms with Gasteiger partial charge in [-0.25, -0.2) is 0 Å². The van der Waals surface area contributed by atoms with Crippen LogP contribution in [0, 0.1) is 6.92 Å². The maximum absolute atomic E-state index is 12.3. The average Bonchev–Trinajstić information content (AvgIpc) is 2.60. The van der Waals surface area contributed by atoms with Crippen LogP contribution in [0.25, 0.3) is 0 Å². The van der Waals surface area contributed by atoms with Crippen LogP contribution in [0.4, 0.5) is 11.4 Å². The van der Waals surface area contributed by atoms with Gasteiger partial charge in [0, 0.05) is 17.4 Å². The second-order valence-corrected chi connectivity index (χ2v) is 6.23. The fraction of sp³-hybridized carbons (Fsp3) is 0.381. The summed E-state index contributed by atoms with van der Waals surface area (Å²) in [5.41, 5.74) is 4.16. The number of anilines is 2. The number of hydrogen-bond donors (Lipinski definition) is 2. The van der Waals surface area contributed by atoms with Crippen LogP contribution in [-0.4, -0.2) is 18.6 Å². The summed E-state index contributed by atoms with van der Waals surface area (Å²) in [6.45, 7) is 8.51. The minimum atomic E-state index is -0.0778. The topological polar surface area (TPSA) is 50.4 Å². The summed E-state index contributed by atoms with van der Waals surface area (Å²) in [6.07, 6.45) is 2.03. The summed E-state index contributed by atoms with van der Waals surface area (Å²) in [7, 11) is 0. The van der Waals surface area contributed by atoms with E-state index >= 15 is 0 Å². The Balaban J connectivity index is 1.96. The van der Waals surface area contributed by atoms with Gasteiger partial charge >= 0.3 is 0 Å². The minimum absolute atomic E-state index is 0.0778. The van der Waals surface area contributed by atoms with Gasteiger partial charge in [0.25, 0.3) is 0 Å². The highest BCUT2D eigenvalue weighted by Gasteiger charge is 2.08. The Morgan fingerprint density at radius 1 is 1.16 bits per heavy atom. The zero-order chi connectivity index (χ0) is 18.2. The second-order valence-electron chi connectivity index (χ2n) is 6.23. The molecule has 2 rings (SSSR count). The molecule has 1 unspecified atom stereocenters. The van der Waals surface area contributed by atoms with Gasteiger partial charge < -0.3 is 15.4 Å². The summed E-state index contributed by atoms with van der Waals surface area (Å²) < 4.78 is 5.79. The molecule has 0 radical (unpaired) electrons. The van der Waals surface area contributed by atoms with E-state index in [1.807, 2.05) is 37.3 Å². The van der Waals surface area contributed by atoms with Gasteiger partial charge in [0.2, 0.25) is 5.91 Å². The van der Waals surface area contributed by atoms with Crippen molar-refractivity contribution < 1.29 is 9.53 Å². The van der Waals surface area contributed by atoms with E-state index in [1.165, 1.54) is 5.56 Å². The molecular formula is C21H28N2O2. The van der Waals surface area contributed by atoms with Gasteiger partial charge in [0.1, 0.15) is 5.75 Å². The van der Waals surface area contributed by atoms with Crippen LogP contribution in [0.5, 0.6) is 5.75 Å². The number of carbonyl (C=O) groups is 1. The molecule has 2 aromatic carbocycles. The van der Waals surface area contributed by atoms with E-state index in [0.717, 1.165) is 35.5 Å². The molecule has 134 valence electrons. The second kappa shape index (κ2) is 9.11. The van der Waals surface area contributed by atoms with Gasteiger partial charge in [-0.1, -0.05) is 38.1 Å². The first kappa shape index (κ1) is 18.8. The van der Waals surface area contributed by atoms with Crippen molar-refractivity contribution in [2.45, 2.75) is 46.6 Å². The summed E-state index contributed by atoms with van der Waals surface area (Å²) in [6, 6.07) is 13.7. The first-order valence-electron chi connectivity index (χ1n) is 8.92. The predicted molar refractivity (Wildman–Crippen MR) is 104 cm³/mol. The van der Waals surface area contributed by atoms with Crippen molar-refractivity contribution >= 4 is 17.3 Å². The zero-order valence-electron chi connectivity index (χ0n) is 15.6. The molecule has 0 aliphatic rings. The van der Waals surface area contributed by atoms with Crippen molar-refractivity contribution in [1.29, 1.82) is 0 Å². The van der Waals surface area contributed by atoms with Crippen LogP contribution < -0.4 is 15.4 Å². The minimum Gasteiger partial charge on any atom is -0.491 e. The first-order chi connectivity index (χ1) is 12.0. The fourth-order valence-electron chi connectivity index (χ4n) is 2.61. The maximum atomic E-state index is 12.3. The van der Waals surface area contributed by atoms with E-state index < -0.39 is 0 Å². The molecule has 0 aliphatic carbocycles. The molecule has 25 heavy (non-hydrogen) atoms. The van der Waals surface area contributed by atoms with Crippen LogP contribution in [0.15, 0.2) is 42.5 Å². The smallest absolute Gasteiger partial charge is 0.243 e. The molecule has 1 atom stereocenters. The molecule has 0 spiro atoms. The summed E-state index contributed by atoms with van der Waals surface area (Å²) in [5.74, 6) is 0.693. The molecule has 2 aromatic rings. The molecule has 1 amide bonds. The molecule has 0 bridgehead atoms. The number of ether oxygens (including phenoxy) is 1. The lowest BCUT2D eigenvalue weighted by molar-refractivity contribution is -0.114. The molecule has 4 heteroatoms. The van der Waals surface area contributed by atoms with Gasteiger partial charge in [0.15, 0.2) is 0 Å². The number of carbonyl (C=O) groups excluding carboxylic acids is 1. The standard InChI is InChI=1S/C21H28N2O2/c1-5-16(4)25-19-12-8-11-18(13-19)23-20(24)14-22-21-15(3)9-7-10-17(21)6-2/h7-13,16,22H,5-6,14H2,1-4H3,(H,23,24). The molecule has 0 fully saturated rings. The SMILES string of the molecule is CCc1cccc(C)c1NCC(=O)Nc1cccc(OC(C)CC)c1. The van der Waals surface area contributed by atoms with Crippen molar-refractivity contribution in [1.82, 2.24) is 0 Å². The van der Waals surface area contributed by atoms with Crippen LogP contribution in [0.3, 0.4) is 0 Å². The Morgan fingerprint density at radius 2 is 1.92 bits per heavy atom. The number of aryl methyl sites for hydroxylation is 2. The number of rotatable bonds is 8. The van der Waals surface area contributed by atoms with Crippen LogP contribution in [0.2, 0.25) is 0 Å². The van der Waals surface area contributed by atoms with Gasteiger partial charge in [-0.15, -0.1) is 0 Å². The molecule has 0 aromatic heterocycles. The number of nitrogens with one attached hydrogen (secondary N) is 2. The van der Waals surface area contributed by atoms with Crippen molar-refractivity contribution in [3.05, 3.63) is 53.6 Å². The number of hydrogen-bond acceptors (Lipinski definition) is 3. The van der Waals surface area contributed by atoms with Crippen LogP contribution in [0.1, 0.15) is 38.3 Å². The number of para-hydroxylation sites is 1. The normalized spacial score (nSPS) is 11.7. The summed E-state index contributed by atoms with van der Waals surface area (Å²) in [4.78, 5) is 12.3.